The van der Waals surface area contributed by atoms with Gasteiger partial charge in [0, 0.05) is 13.1 Å². The van der Waals surface area contributed by atoms with Crippen LogP contribution in [0.3, 0.4) is 0 Å². The summed E-state index contributed by atoms with van der Waals surface area (Å²) in [6.45, 7) is 11.6. The number of thioether (sulfide) groups is 1. The van der Waals surface area contributed by atoms with Gasteiger partial charge in [0.05, 0.1) is 11.3 Å². The van der Waals surface area contributed by atoms with Gasteiger partial charge < -0.3 is 4.90 Å². The van der Waals surface area contributed by atoms with Gasteiger partial charge in [0.15, 0.2) is 0 Å². The fraction of sp³-hybridized carbons (Fsp3) is 0.407. The molecule has 4 nitrogen and oxygen atoms in total. The first-order valence-corrected chi connectivity index (χ1v) is 12.1. The summed E-state index contributed by atoms with van der Waals surface area (Å²) in [5, 5.41) is -0.162. The summed E-state index contributed by atoms with van der Waals surface area (Å²) in [5.41, 5.74) is 4.67. The molecule has 0 radical (unpaired) electrons. The SMILES string of the molecule is CC1=C(C)C2C(=O)N(CCc3ccccc3)C(=O)N(Cc3ccc(C(C)(C)C)cc3)C2S1. The maximum absolute atomic E-state index is 13.5. The lowest BCUT2D eigenvalue weighted by molar-refractivity contribution is -0.135. The molecule has 168 valence electrons. The number of allylic oxidation sites excluding steroid dienone is 1. The van der Waals surface area contributed by atoms with Crippen LogP contribution in [-0.4, -0.2) is 33.7 Å². The van der Waals surface area contributed by atoms with Gasteiger partial charge in [-0.25, -0.2) is 4.79 Å². The van der Waals surface area contributed by atoms with Crippen LogP contribution >= 0.6 is 11.8 Å². The van der Waals surface area contributed by atoms with Crippen LogP contribution in [0.2, 0.25) is 0 Å². The Morgan fingerprint density at radius 3 is 2.19 bits per heavy atom. The van der Waals surface area contributed by atoms with E-state index in [0.29, 0.717) is 19.5 Å². The van der Waals surface area contributed by atoms with Crippen molar-refractivity contribution in [1.29, 1.82) is 0 Å². The number of benzene rings is 2. The van der Waals surface area contributed by atoms with Crippen molar-refractivity contribution in [2.24, 2.45) is 5.92 Å². The van der Waals surface area contributed by atoms with Crippen molar-refractivity contribution in [2.45, 2.75) is 58.4 Å². The molecule has 2 aliphatic heterocycles. The number of imide groups is 1. The largest absolute Gasteiger partial charge is 0.327 e. The van der Waals surface area contributed by atoms with Gasteiger partial charge in [-0.2, -0.15) is 0 Å². The highest BCUT2D eigenvalue weighted by atomic mass is 32.2. The number of carbonyl (C=O) groups is 2. The first-order chi connectivity index (χ1) is 15.2. The van der Waals surface area contributed by atoms with E-state index in [9.17, 15) is 9.59 Å². The van der Waals surface area contributed by atoms with Crippen LogP contribution in [0, 0.1) is 5.92 Å². The summed E-state index contributed by atoms with van der Waals surface area (Å²) in [6.07, 6.45) is 0.665. The smallest absolute Gasteiger partial charge is 0.306 e. The molecule has 0 saturated carbocycles. The summed E-state index contributed by atoms with van der Waals surface area (Å²) in [7, 11) is 0. The second-order valence-corrected chi connectivity index (χ2v) is 11.1. The molecular weight excluding hydrogens is 416 g/mol. The summed E-state index contributed by atoms with van der Waals surface area (Å²) >= 11 is 1.65. The highest BCUT2D eigenvalue weighted by Gasteiger charge is 2.50. The van der Waals surface area contributed by atoms with Crippen LogP contribution in [0.1, 0.15) is 51.3 Å². The number of carbonyl (C=O) groups excluding carboxylic acids is 2. The minimum atomic E-state index is -0.262. The maximum Gasteiger partial charge on any atom is 0.327 e. The van der Waals surface area contributed by atoms with E-state index in [1.165, 1.54) is 10.5 Å². The molecule has 0 aromatic heterocycles. The number of rotatable bonds is 5. The minimum absolute atomic E-state index is 0.0582. The van der Waals surface area contributed by atoms with Crippen LogP contribution in [0.25, 0.3) is 0 Å². The topological polar surface area (TPSA) is 40.6 Å². The first-order valence-electron chi connectivity index (χ1n) is 11.3. The van der Waals surface area contributed by atoms with Crippen molar-refractivity contribution < 1.29 is 9.59 Å². The minimum Gasteiger partial charge on any atom is -0.306 e. The Kier molecular flexibility index (Phi) is 6.22. The summed E-state index contributed by atoms with van der Waals surface area (Å²) in [5.74, 6) is -0.320. The van der Waals surface area contributed by atoms with E-state index in [1.54, 1.807) is 11.8 Å². The van der Waals surface area contributed by atoms with E-state index in [-0.39, 0.29) is 28.6 Å². The first kappa shape index (κ1) is 22.7. The van der Waals surface area contributed by atoms with E-state index in [1.807, 2.05) is 42.2 Å². The van der Waals surface area contributed by atoms with Gasteiger partial charge in [-0.1, -0.05) is 75.4 Å². The highest BCUT2D eigenvalue weighted by molar-refractivity contribution is 8.03. The molecule has 0 spiro atoms. The predicted molar refractivity (Wildman–Crippen MR) is 131 cm³/mol. The number of hydrogen-bond acceptors (Lipinski definition) is 3. The normalized spacial score (nSPS) is 21.4. The Morgan fingerprint density at radius 2 is 1.56 bits per heavy atom. The van der Waals surface area contributed by atoms with Crippen molar-refractivity contribution in [3.05, 3.63) is 81.8 Å². The second-order valence-electron chi connectivity index (χ2n) is 9.81. The molecular formula is C27H32N2O2S. The van der Waals surface area contributed by atoms with Crippen LogP contribution in [0.5, 0.6) is 0 Å². The van der Waals surface area contributed by atoms with Crippen LogP contribution in [0.4, 0.5) is 4.79 Å². The van der Waals surface area contributed by atoms with E-state index in [0.717, 1.165) is 21.6 Å². The molecule has 0 aliphatic carbocycles. The number of fused-ring (bicyclic) bond motifs is 1. The van der Waals surface area contributed by atoms with Gasteiger partial charge in [0.25, 0.3) is 0 Å². The Labute approximate surface area is 195 Å². The molecule has 2 heterocycles. The number of urea groups is 1. The maximum atomic E-state index is 13.5. The van der Waals surface area contributed by atoms with E-state index < -0.39 is 0 Å². The zero-order valence-corrected chi connectivity index (χ0v) is 20.4. The second kappa shape index (κ2) is 8.78. The monoisotopic (exact) mass is 448 g/mol. The average molecular weight is 449 g/mol. The Balaban J connectivity index is 1.59. The van der Waals surface area contributed by atoms with Gasteiger partial charge in [-0.3, -0.25) is 9.69 Å². The van der Waals surface area contributed by atoms with Gasteiger partial charge in [-0.05, 0) is 52.9 Å². The molecule has 2 aromatic carbocycles. The number of hydrogen-bond donors (Lipinski definition) is 0. The lowest BCUT2D eigenvalue weighted by Crippen LogP contribution is -2.59. The van der Waals surface area contributed by atoms with Gasteiger partial charge in [0.2, 0.25) is 5.91 Å². The predicted octanol–water partition coefficient (Wildman–Crippen LogP) is 5.97. The Bertz CT molecular complexity index is 1040. The van der Waals surface area contributed by atoms with Crippen molar-refractivity contribution in [1.82, 2.24) is 9.80 Å². The number of amides is 3. The van der Waals surface area contributed by atoms with Gasteiger partial charge in [-0.15, -0.1) is 11.8 Å². The Morgan fingerprint density at radius 1 is 0.906 bits per heavy atom. The summed E-state index contributed by atoms with van der Waals surface area (Å²) in [6, 6.07) is 18.4. The lowest BCUT2D eigenvalue weighted by Gasteiger charge is -2.42. The summed E-state index contributed by atoms with van der Waals surface area (Å²) in [4.78, 5) is 31.4. The molecule has 2 aliphatic rings. The zero-order valence-electron chi connectivity index (χ0n) is 19.6. The van der Waals surface area contributed by atoms with Crippen molar-refractivity contribution in [3.8, 4) is 0 Å². The quantitative estimate of drug-likeness (QED) is 0.565. The molecule has 32 heavy (non-hydrogen) atoms. The van der Waals surface area contributed by atoms with E-state index in [4.69, 9.17) is 0 Å². The molecule has 0 bridgehead atoms. The van der Waals surface area contributed by atoms with Crippen molar-refractivity contribution in [3.63, 3.8) is 0 Å². The number of nitrogens with zero attached hydrogens (tertiary/aromatic N) is 2. The molecule has 1 fully saturated rings. The van der Waals surface area contributed by atoms with Crippen LogP contribution in [-0.2, 0) is 23.2 Å². The highest BCUT2D eigenvalue weighted by Crippen LogP contribution is 2.47. The fourth-order valence-electron chi connectivity index (χ4n) is 4.41. The molecule has 2 unspecified atom stereocenters. The van der Waals surface area contributed by atoms with Crippen molar-refractivity contribution >= 4 is 23.7 Å². The molecule has 4 rings (SSSR count). The third-order valence-electron chi connectivity index (χ3n) is 6.56. The fourth-order valence-corrected chi connectivity index (χ4v) is 5.83. The van der Waals surface area contributed by atoms with Crippen LogP contribution < -0.4 is 0 Å². The third-order valence-corrected chi connectivity index (χ3v) is 8.00. The zero-order chi connectivity index (χ0) is 23.0. The third kappa shape index (κ3) is 4.36. The molecule has 5 heteroatoms. The van der Waals surface area contributed by atoms with E-state index in [2.05, 4.69) is 52.0 Å². The van der Waals surface area contributed by atoms with Gasteiger partial charge in [0.1, 0.15) is 0 Å². The van der Waals surface area contributed by atoms with E-state index >= 15 is 0 Å². The molecule has 1 saturated heterocycles. The summed E-state index contributed by atoms with van der Waals surface area (Å²) < 4.78 is 0. The van der Waals surface area contributed by atoms with Gasteiger partial charge >= 0.3 is 6.03 Å². The molecule has 2 atom stereocenters. The van der Waals surface area contributed by atoms with Crippen molar-refractivity contribution in [2.75, 3.05) is 6.54 Å². The molecule has 0 N–H and O–H groups in total. The molecule has 2 aromatic rings. The van der Waals surface area contributed by atoms with Crippen LogP contribution in [0.15, 0.2) is 65.1 Å². The lowest BCUT2D eigenvalue weighted by atomic mass is 9.86. The Hall–Kier alpha value is -2.53. The molecule has 3 amide bonds. The standard InChI is InChI=1S/C27H32N2O2S/c1-18-19(2)32-25-23(18)24(30)28(16-15-20-9-7-6-8-10-20)26(31)29(25)17-21-11-13-22(14-12-21)27(3,4)5/h6-14,23,25H,15-17H2,1-5H3. The average Bonchev–Trinajstić information content (AvgIpc) is 3.06.